The van der Waals surface area contributed by atoms with Crippen LogP contribution in [0.1, 0.15) is 27.2 Å². The first-order valence-corrected chi connectivity index (χ1v) is 3.06. The molecule has 0 radical (unpaired) electrons. The minimum absolute atomic E-state index is 0. The number of ketones is 2. The molecule has 0 aliphatic rings. The van der Waals surface area contributed by atoms with Crippen LogP contribution in [0.15, 0.2) is 0 Å². The van der Waals surface area contributed by atoms with E-state index in [1.807, 2.05) is 0 Å². The van der Waals surface area contributed by atoms with Gasteiger partial charge in [-0.3, -0.25) is 9.59 Å². The fraction of sp³-hybridized carbons (Fsp3) is 0.714. The van der Waals surface area contributed by atoms with Crippen LogP contribution in [-0.4, -0.2) is 11.6 Å². The molecule has 0 aliphatic heterocycles. The zero-order valence-electron chi connectivity index (χ0n) is 6.42. The van der Waals surface area contributed by atoms with Gasteiger partial charge in [0.1, 0.15) is 11.6 Å². The molecule has 0 aromatic heterocycles. The largest absolute Gasteiger partial charge is 2.00 e. The maximum Gasteiger partial charge on any atom is 2.00 e. The summed E-state index contributed by atoms with van der Waals surface area (Å²) in [6.45, 7) is 5.02. The zero-order chi connectivity index (χ0) is 7.44. The predicted octanol–water partition coefficient (Wildman–Crippen LogP) is 1.19. The van der Waals surface area contributed by atoms with Gasteiger partial charge in [0.25, 0.3) is 0 Å². The Morgan fingerprint density at radius 1 is 1.30 bits per heavy atom. The minimum atomic E-state index is -0.0475. The van der Waals surface area contributed by atoms with E-state index in [0.717, 1.165) is 0 Å². The number of Topliss-reactive ketones (excluding diaryl/α,β-unsaturated/α-hetero) is 2. The summed E-state index contributed by atoms with van der Waals surface area (Å²) in [5.74, 6) is -0.0231. The molecule has 60 valence electrons. The van der Waals surface area contributed by atoms with Crippen LogP contribution < -0.4 is 0 Å². The fourth-order valence-electron chi connectivity index (χ4n) is 0.449. The topological polar surface area (TPSA) is 34.1 Å². The standard InChI is InChI=1S/C7H12O2.Pd/c1-5(2)7(9)4-6(3)8;/h5H,4H2,1-3H3;/q;+2. The van der Waals surface area contributed by atoms with Crippen LogP contribution in [0.2, 0.25) is 0 Å². The smallest absolute Gasteiger partial charge is 0.300 e. The summed E-state index contributed by atoms with van der Waals surface area (Å²) in [7, 11) is 0. The Kier molecular flexibility index (Phi) is 7.29. The van der Waals surface area contributed by atoms with E-state index in [0.29, 0.717) is 0 Å². The molecule has 0 aliphatic carbocycles. The van der Waals surface area contributed by atoms with Gasteiger partial charge in [-0.15, -0.1) is 0 Å². The van der Waals surface area contributed by atoms with E-state index in [2.05, 4.69) is 0 Å². The molecule has 0 atom stereocenters. The average Bonchev–Trinajstić information content (AvgIpc) is 1.63. The second-order valence-electron chi connectivity index (χ2n) is 2.50. The summed E-state index contributed by atoms with van der Waals surface area (Å²) in [4.78, 5) is 21.1. The second-order valence-corrected chi connectivity index (χ2v) is 2.50. The SMILES string of the molecule is CC(=O)CC(=O)C(C)C.[Pd+2]. The molecule has 0 spiro atoms. The molecule has 0 rings (SSSR count). The summed E-state index contributed by atoms with van der Waals surface area (Å²) in [6.07, 6.45) is 0.0949. The van der Waals surface area contributed by atoms with Crippen molar-refractivity contribution < 1.29 is 30.0 Å². The molecule has 0 heterocycles. The average molecular weight is 235 g/mol. The maximum absolute atomic E-state index is 10.7. The Morgan fingerprint density at radius 3 is 1.80 bits per heavy atom. The van der Waals surface area contributed by atoms with Crippen molar-refractivity contribution in [3.05, 3.63) is 0 Å². The van der Waals surface area contributed by atoms with Crippen LogP contribution in [0.25, 0.3) is 0 Å². The molecule has 2 nitrogen and oxygen atoms in total. The van der Waals surface area contributed by atoms with Crippen molar-refractivity contribution in [3.63, 3.8) is 0 Å². The van der Waals surface area contributed by atoms with E-state index in [4.69, 9.17) is 0 Å². The van der Waals surface area contributed by atoms with Crippen molar-refractivity contribution >= 4 is 11.6 Å². The Hall–Kier alpha value is 0.00234. The van der Waals surface area contributed by atoms with Crippen molar-refractivity contribution in [2.24, 2.45) is 5.92 Å². The molecule has 0 bridgehead atoms. The fourth-order valence-corrected chi connectivity index (χ4v) is 0.449. The summed E-state index contributed by atoms with van der Waals surface area (Å²) < 4.78 is 0. The first-order valence-electron chi connectivity index (χ1n) is 3.06. The van der Waals surface area contributed by atoms with Gasteiger partial charge in [0.05, 0.1) is 6.42 Å². The van der Waals surface area contributed by atoms with Crippen LogP contribution >= 0.6 is 0 Å². The van der Waals surface area contributed by atoms with Crippen molar-refractivity contribution in [2.75, 3.05) is 0 Å². The van der Waals surface area contributed by atoms with E-state index in [-0.39, 0.29) is 44.3 Å². The van der Waals surface area contributed by atoms with Crippen LogP contribution in [0.5, 0.6) is 0 Å². The van der Waals surface area contributed by atoms with Crippen LogP contribution in [0.4, 0.5) is 0 Å². The first kappa shape index (κ1) is 12.7. The van der Waals surface area contributed by atoms with Crippen LogP contribution in [-0.2, 0) is 30.0 Å². The van der Waals surface area contributed by atoms with Crippen molar-refractivity contribution in [1.82, 2.24) is 0 Å². The Morgan fingerprint density at radius 2 is 1.70 bits per heavy atom. The van der Waals surface area contributed by atoms with Gasteiger partial charge in [-0.25, -0.2) is 0 Å². The maximum atomic E-state index is 10.7. The number of carbonyl (C=O) groups is 2. The Bertz CT molecular complexity index is 130. The predicted molar refractivity (Wildman–Crippen MR) is 35.1 cm³/mol. The zero-order valence-corrected chi connectivity index (χ0v) is 7.97. The van der Waals surface area contributed by atoms with Crippen molar-refractivity contribution in [2.45, 2.75) is 27.2 Å². The van der Waals surface area contributed by atoms with Crippen LogP contribution in [0, 0.1) is 5.92 Å². The van der Waals surface area contributed by atoms with Gasteiger partial charge in [-0.05, 0) is 6.92 Å². The first-order chi connectivity index (χ1) is 4.04. The Labute approximate surface area is 75.0 Å². The summed E-state index contributed by atoms with van der Waals surface area (Å²) >= 11 is 0. The van der Waals surface area contributed by atoms with E-state index < -0.39 is 0 Å². The van der Waals surface area contributed by atoms with Crippen molar-refractivity contribution in [3.8, 4) is 0 Å². The molecule has 0 fully saturated rings. The minimum Gasteiger partial charge on any atom is -0.300 e. The number of carbonyl (C=O) groups excluding carboxylic acids is 2. The third-order valence-corrected chi connectivity index (χ3v) is 1.07. The quantitative estimate of drug-likeness (QED) is 0.543. The molecule has 3 heteroatoms. The molecule has 0 unspecified atom stereocenters. The molecule has 0 amide bonds. The number of rotatable bonds is 3. The molecule has 10 heavy (non-hydrogen) atoms. The molecule has 0 saturated carbocycles. The van der Waals surface area contributed by atoms with Gasteiger partial charge in [0.15, 0.2) is 0 Å². The Balaban J connectivity index is 0. The third kappa shape index (κ3) is 6.13. The van der Waals surface area contributed by atoms with Gasteiger partial charge in [0.2, 0.25) is 0 Å². The van der Waals surface area contributed by atoms with E-state index >= 15 is 0 Å². The number of hydrogen-bond donors (Lipinski definition) is 0. The summed E-state index contributed by atoms with van der Waals surface area (Å²) in [6, 6.07) is 0. The van der Waals surface area contributed by atoms with E-state index in [1.54, 1.807) is 13.8 Å². The van der Waals surface area contributed by atoms with E-state index in [1.165, 1.54) is 6.92 Å². The van der Waals surface area contributed by atoms with Crippen LogP contribution in [0.3, 0.4) is 0 Å². The molecule has 0 N–H and O–H groups in total. The van der Waals surface area contributed by atoms with Gasteiger partial charge >= 0.3 is 20.4 Å². The molecular formula is C7H12O2Pd+2. The van der Waals surface area contributed by atoms with Gasteiger partial charge in [-0.2, -0.15) is 0 Å². The summed E-state index contributed by atoms with van der Waals surface area (Å²) in [5, 5.41) is 0. The second kappa shape index (κ2) is 5.76. The normalized spacial score (nSPS) is 8.80. The van der Waals surface area contributed by atoms with Gasteiger partial charge < -0.3 is 0 Å². The summed E-state index contributed by atoms with van der Waals surface area (Å²) in [5.41, 5.74) is 0. The third-order valence-electron chi connectivity index (χ3n) is 1.07. The van der Waals surface area contributed by atoms with E-state index in [9.17, 15) is 9.59 Å². The molecule has 0 aromatic carbocycles. The number of hydrogen-bond acceptors (Lipinski definition) is 2. The molecular weight excluding hydrogens is 222 g/mol. The van der Waals surface area contributed by atoms with Gasteiger partial charge in [-0.1, -0.05) is 13.8 Å². The molecule has 0 aromatic rings. The molecule has 0 saturated heterocycles. The monoisotopic (exact) mass is 234 g/mol. The van der Waals surface area contributed by atoms with Gasteiger partial charge in [0, 0.05) is 5.92 Å². The van der Waals surface area contributed by atoms with Crippen molar-refractivity contribution in [1.29, 1.82) is 0 Å².